The highest BCUT2D eigenvalue weighted by molar-refractivity contribution is 4.57. The van der Waals surface area contributed by atoms with Crippen molar-refractivity contribution in [2.24, 2.45) is 0 Å². The molecule has 0 saturated carbocycles. The molecular formula is C9H20N2O+2. The fourth-order valence-corrected chi connectivity index (χ4v) is 2.27. The van der Waals surface area contributed by atoms with E-state index in [2.05, 4.69) is 5.32 Å². The summed E-state index contributed by atoms with van der Waals surface area (Å²) in [5, 5.41) is 2.52. The SMILES string of the molecule is C1C[NH2+][C@@H](C[NH+]2CCOCC2)C1. The normalized spacial score (nSPS) is 32.5. The van der Waals surface area contributed by atoms with Gasteiger partial charge in [0, 0.05) is 12.8 Å². The van der Waals surface area contributed by atoms with Gasteiger partial charge >= 0.3 is 0 Å². The Morgan fingerprint density at radius 1 is 1.33 bits per heavy atom. The topological polar surface area (TPSA) is 30.3 Å². The van der Waals surface area contributed by atoms with Gasteiger partial charge in [0.15, 0.2) is 0 Å². The molecule has 0 aromatic heterocycles. The largest absolute Gasteiger partial charge is 0.370 e. The van der Waals surface area contributed by atoms with Crippen LogP contribution in [-0.4, -0.2) is 45.4 Å². The summed E-state index contributed by atoms with van der Waals surface area (Å²) in [6.45, 7) is 7.12. The van der Waals surface area contributed by atoms with E-state index in [0.717, 1.165) is 19.3 Å². The summed E-state index contributed by atoms with van der Waals surface area (Å²) < 4.78 is 5.33. The van der Waals surface area contributed by atoms with Crippen molar-refractivity contribution < 1.29 is 15.0 Å². The summed E-state index contributed by atoms with van der Waals surface area (Å²) in [5.74, 6) is 0. The van der Waals surface area contributed by atoms with Crippen molar-refractivity contribution in [3.05, 3.63) is 0 Å². The Labute approximate surface area is 74.1 Å². The van der Waals surface area contributed by atoms with E-state index in [1.165, 1.54) is 39.0 Å². The van der Waals surface area contributed by atoms with Crippen molar-refractivity contribution in [2.75, 3.05) is 39.4 Å². The average molecular weight is 172 g/mol. The minimum Gasteiger partial charge on any atom is -0.370 e. The first kappa shape index (κ1) is 8.48. The molecule has 2 rings (SSSR count). The van der Waals surface area contributed by atoms with Gasteiger partial charge in [-0.25, -0.2) is 0 Å². The molecule has 0 spiro atoms. The minimum absolute atomic E-state index is 0.915. The highest BCUT2D eigenvalue weighted by Crippen LogP contribution is 1.94. The van der Waals surface area contributed by atoms with E-state index in [1.807, 2.05) is 0 Å². The van der Waals surface area contributed by atoms with Crippen LogP contribution in [0.2, 0.25) is 0 Å². The first-order valence-electron chi connectivity index (χ1n) is 5.20. The molecule has 12 heavy (non-hydrogen) atoms. The van der Waals surface area contributed by atoms with E-state index in [1.54, 1.807) is 4.90 Å². The number of morpholine rings is 1. The van der Waals surface area contributed by atoms with Crippen LogP contribution in [0.15, 0.2) is 0 Å². The average Bonchev–Trinajstić information content (AvgIpc) is 2.59. The van der Waals surface area contributed by atoms with Crippen molar-refractivity contribution in [3.8, 4) is 0 Å². The van der Waals surface area contributed by atoms with Gasteiger partial charge in [0.05, 0.1) is 19.8 Å². The van der Waals surface area contributed by atoms with Crippen LogP contribution in [0.1, 0.15) is 12.8 Å². The molecule has 2 saturated heterocycles. The molecule has 0 amide bonds. The molecule has 0 aromatic rings. The lowest BCUT2D eigenvalue weighted by Gasteiger charge is -2.24. The maximum atomic E-state index is 5.33. The smallest absolute Gasteiger partial charge is 0.136 e. The quantitative estimate of drug-likeness (QED) is 0.479. The summed E-state index contributed by atoms with van der Waals surface area (Å²) in [6.07, 6.45) is 2.86. The summed E-state index contributed by atoms with van der Waals surface area (Å²) in [4.78, 5) is 1.75. The lowest BCUT2D eigenvalue weighted by molar-refractivity contribution is -0.924. The number of hydrogen-bond donors (Lipinski definition) is 2. The van der Waals surface area contributed by atoms with E-state index in [4.69, 9.17) is 4.74 Å². The first-order chi connectivity index (χ1) is 5.95. The molecular weight excluding hydrogens is 152 g/mol. The van der Waals surface area contributed by atoms with Gasteiger partial charge in [-0.2, -0.15) is 0 Å². The minimum atomic E-state index is 0.915. The maximum Gasteiger partial charge on any atom is 0.136 e. The Morgan fingerprint density at radius 3 is 2.83 bits per heavy atom. The highest BCUT2D eigenvalue weighted by Gasteiger charge is 2.24. The molecule has 2 fully saturated rings. The van der Waals surface area contributed by atoms with Crippen LogP contribution in [0.4, 0.5) is 0 Å². The van der Waals surface area contributed by atoms with Gasteiger partial charge in [0.25, 0.3) is 0 Å². The molecule has 70 valence electrons. The van der Waals surface area contributed by atoms with Gasteiger partial charge in [-0.05, 0) is 0 Å². The second-order valence-corrected chi connectivity index (χ2v) is 3.99. The number of quaternary nitrogens is 2. The van der Waals surface area contributed by atoms with E-state index in [0.29, 0.717) is 0 Å². The molecule has 1 atom stereocenters. The summed E-state index contributed by atoms with van der Waals surface area (Å²) in [7, 11) is 0. The second-order valence-electron chi connectivity index (χ2n) is 3.99. The van der Waals surface area contributed by atoms with Crippen LogP contribution in [0.3, 0.4) is 0 Å². The number of nitrogens with one attached hydrogen (secondary N) is 1. The molecule has 0 aliphatic carbocycles. The molecule has 3 nitrogen and oxygen atoms in total. The summed E-state index contributed by atoms with van der Waals surface area (Å²) in [5.41, 5.74) is 0. The predicted molar refractivity (Wildman–Crippen MR) is 46.2 cm³/mol. The van der Waals surface area contributed by atoms with Gasteiger partial charge < -0.3 is 15.0 Å². The third-order valence-electron chi connectivity index (χ3n) is 3.03. The van der Waals surface area contributed by atoms with Gasteiger partial charge in [-0.15, -0.1) is 0 Å². The van der Waals surface area contributed by atoms with E-state index >= 15 is 0 Å². The van der Waals surface area contributed by atoms with Crippen LogP contribution >= 0.6 is 0 Å². The lowest BCUT2D eigenvalue weighted by atomic mass is 10.2. The fourth-order valence-electron chi connectivity index (χ4n) is 2.27. The van der Waals surface area contributed by atoms with Crippen LogP contribution in [0, 0.1) is 0 Å². The standard InChI is InChI=1S/C9H18N2O/c1-2-9(10-3-1)8-11-4-6-12-7-5-11/h9-10H,1-8H2/p+2/t9-/m1/s1. The van der Waals surface area contributed by atoms with Gasteiger partial charge in [-0.1, -0.05) is 0 Å². The number of hydrogen-bond acceptors (Lipinski definition) is 1. The van der Waals surface area contributed by atoms with Crippen LogP contribution in [-0.2, 0) is 4.74 Å². The molecule has 3 heteroatoms. The van der Waals surface area contributed by atoms with Crippen LogP contribution in [0.25, 0.3) is 0 Å². The van der Waals surface area contributed by atoms with Crippen LogP contribution < -0.4 is 10.2 Å². The first-order valence-corrected chi connectivity index (χ1v) is 5.20. The molecule has 0 bridgehead atoms. The summed E-state index contributed by atoms with van der Waals surface area (Å²) >= 11 is 0. The zero-order chi connectivity index (χ0) is 8.23. The lowest BCUT2D eigenvalue weighted by Crippen LogP contribution is -3.17. The Morgan fingerprint density at radius 2 is 2.17 bits per heavy atom. The Bertz CT molecular complexity index is 128. The van der Waals surface area contributed by atoms with Crippen molar-refractivity contribution >= 4 is 0 Å². The van der Waals surface area contributed by atoms with E-state index in [9.17, 15) is 0 Å². The van der Waals surface area contributed by atoms with Crippen molar-refractivity contribution in [1.29, 1.82) is 0 Å². The predicted octanol–water partition coefficient (Wildman–Crippen LogP) is -2.37. The van der Waals surface area contributed by atoms with Crippen LogP contribution in [0.5, 0.6) is 0 Å². The third kappa shape index (κ3) is 2.19. The van der Waals surface area contributed by atoms with E-state index < -0.39 is 0 Å². The molecule has 2 aliphatic rings. The molecule has 2 aliphatic heterocycles. The Kier molecular flexibility index (Phi) is 2.98. The third-order valence-corrected chi connectivity index (χ3v) is 3.03. The zero-order valence-electron chi connectivity index (χ0n) is 7.72. The molecule has 0 radical (unpaired) electrons. The Hall–Kier alpha value is -0.120. The van der Waals surface area contributed by atoms with Gasteiger partial charge in [0.1, 0.15) is 25.7 Å². The Balaban J connectivity index is 1.69. The maximum absolute atomic E-state index is 5.33. The van der Waals surface area contributed by atoms with Gasteiger partial charge in [0.2, 0.25) is 0 Å². The second kappa shape index (κ2) is 4.21. The molecule has 0 aromatic carbocycles. The number of nitrogens with two attached hydrogens (primary N) is 1. The summed E-state index contributed by atoms with van der Waals surface area (Å²) in [6, 6.07) is 0.915. The fraction of sp³-hybridized carbons (Fsp3) is 1.00. The number of rotatable bonds is 2. The van der Waals surface area contributed by atoms with Gasteiger partial charge in [-0.3, -0.25) is 0 Å². The van der Waals surface area contributed by atoms with E-state index in [-0.39, 0.29) is 0 Å². The monoisotopic (exact) mass is 172 g/mol. The molecule has 0 unspecified atom stereocenters. The van der Waals surface area contributed by atoms with Crippen molar-refractivity contribution in [2.45, 2.75) is 18.9 Å². The zero-order valence-corrected chi connectivity index (χ0v) is 7.72. The molecule has 2 heterocycles. The number of ether oxygens (including phenoxy) is 1. The van der Waals surface area contributed by atoms with Crippen molar-refractivity contribution in [3.63, 3.8) is 0 Å². The molecule has 3 N–H and O–H groups in total. The highest BCUT2D eigenvalue weighted by atomic mass is 16.5. The van der Waals surface area contributed by atoms with Crippen molar-refractivity contribution in [1.82, 2.24) is 0 Å².